The van der Waals surface area contributed by atoms with E-state index in [0.717, 1.165) is 21.4 Å². The van der Waals surface area contributed by atoms with Crippen molar-refractivity contribution >= 4 is 15.9 Å². The summed E-state index contributed by atoms with van der Waals surface area (Å²) < 4.78 is 16.5. The van der Waals surface area contributed by atoms with Crippen molar-refractivity contribution < 1.29 is 4.39 Å². The maximum Gasteiger partial charge on any atom is 0.127 e. The minimum atomic E-state index is -0.237. The SMILES string of the molecule is Cc1nn(C)c(C)c1C(Cc1ccc(Br)cc1F)NN. The van der Waals surface area contributed by atoms with E-state index in [1.165, 1.54) is 6.07 Å². The highest BCUT2D eigenvalue weighted by Gasteiger charge is 2.20. The van der Waals surface area contributed by atoms with Crippen LogP contribution in [0.3, 0.4) is 0 Å². The van der Waals surface area contributed by atoms with Crippen molar-refractivity contribution in [3.05, 3.63) is 51.0 Å². The Labute approximate surface area is 126 Å². The first-order chi connectivity index (χ1) is 9.43. The lowest BCUT2D eigenvalue weighted by molar-refractivity contribution is 0.524. The predicted molar refractivity (Wildman–Crippen MR) is 80.6 cm³/mol. The predicted octanol–water partition coefficient (Wildman–Crippen LogP) is 2.69. The van der Waals surface area contributed by atoms with Crippen LogP contribution in [0.2, 0.25) is 0 Å². The maximum absolute atomic E-state index is 13.9. The van der Waals surface area contributed by atoms with Crippen molar-refractivity contribution in [1.29, 1.82) is 0 Å². The molecule has 6 heteroatoms. The minimum absolute atomic E-state index is 0.167. The van der Waals surface area contributed by atoms with Crippen LogP contribution in [0.5, 0.6) is 0 Å². The number of benzene rings is 1. The first kappa shape index (κ1) is 15.2. The van der Waals surface area contributed by atoms with Gasteiger partial charge in [0, 0.05) is 22.8 Å². The summed E-state index contributed by atoms with van der Waals surface area (Å²) in [5, 5.41) is 4.38. The van der Waals surface area contributed by atoms with Gasteiger partial charge in [0.2, 0.25) is 0 Å². The average Bonchev–Trinajstić information content (AvgIpc) is 2.63. The Morgan fingerprint density at radius 3 is 2.65 bits per heavy atom. The van der Waals surface area contributed by atoms with Crippen molar-refractivity contribution in [2.24, 2.45) is 12.9 Å². The van der Waals surface area contributed by atoms with Crippen LogP contribution in [-0.4, -0.2) is 9.78 Å². The number of aromatic nitrogens is 2. The maximum atomic E-state index is 13.9. The molecule has 0 saturated heterocycles. The molecule has 1 aromatic heterocycles. The number of nitrogens with two attached hydrogens (primary N) is 1. The van der Waals surface area contributed by atoms with Crippen LogP contribution < -0.4 is 11.3 Å². The highest BCUT2D eigenvalue weighted by molar-refractivity contribution is 9.10. The summed E-state index contributed by atoms with van der Waals surface area (Å²) >= 11 is 3.26. The smallest absolute Gasteiger partial charge is 0.127 e. The van der Waals surface area contributed by atoms with Crippen molar-refractivity contribution in [2.45, 2.75) is 26.3 Å². The molecular weight excluding hydrogens is 323 g/mol. The molecule has 1 aromatic carbocycles. The molecular formula is C14H18BrFN4. The zero-order valence-electron chi connectivity index (χ0n) is 11.7. The standard InChI is InChI=1S/C14H18BrFN4/c1-8-14(9(2)20(3)19-8)13(18-17)6-10-4-5-11(15)7-12(10)16/h4-5,7,13,18H,6,17H2,1-3H3. The van der Waals surface area contributed by atoms with Crippen LogP contribution in [0.1, 0.15) is 28.6 Å². The van der Waals surface area contributed by atoms with Gasteiger partial charge in [-0.2, -0.15) is 5.10 Å². The van der Waals surface area contributed by atoms with Gasteiger partial charge >= 0.3 is 0 Å². The van der Waals surface area contributed by atoms with E-state index in [1.807, 2.05) is 31.6 Å². The fourth-order valence-electron chi connectivity index (χ4n) is 2.45. The lowest BCUT2D eigenvalue weighted by Crippen LogP contribution is -2.30. The van der Waals surface area contributed by atoms with Gasteiger partial charge < -0.3 is 0 Å². The van der Waals surface area contributed by atoms with E-state index in [-0.39, 0.29) is 11.9 Å². The zero-order chi connectivity index (χ0) is 14.9. The summed E-state index contributed by atoms with van der Waals surface area (Å²) in [5.74, 6) is 5.42. The normalized spacial score (nSPS) is 12.7. The molecule has 4 nitrogen and oxygen atoms in total. The lowest BCUT2D eigenvalue weighted by atomic mass is 9.97. The molecule has 0 aliphatic heterocycles. The Bertz CT molecular complexity index is 624. The molecule has 2 rings (SSSR count). The number of nitrogens with zero attached hydrogens (tertiary/aromatic N) is 2. The first-order valence-corrected chi connectivity index (χ1v) is 7.13. The molecule has 20 heavy (non-hydrogen) atoms. The number of halogens is 2. The van der Waals surface area contributed by atoms with E-state index >= 15 is 0 Å². The summed E-state index contributed by atoms with van der Waals surface area (Å²) in [5.41, 5.74) is 6.36. The van der Waals surface area contributed by atoms with Gasteiger partial charge in [-0.05, 0) is 38.0 Å². The van der Waals surface area contributed by atoms with Gasteiger partial charge in [0.05, 0.1) is 11.7 Å². The fraction of sp³-hybridized carbons (Fsp3) is 0.357. The molecule has 0 fully saturated rings. The molecule has 1 unspecified atom stereocenters. The summed E-state index contributed by atoms with van der Waals surface area (Å²) in [6.45, 7) is 3.92. The molecule has 0 amide bonds. The van der Waals surface area contributed by atoms with Gasteiger partial charge in [0.15, 0.2) is 0 Å². The Morgan fingerprint density at radius 2 is 2.15 bits per heavy atom. The molecule has 0 bridgehead atoms. The number of hydrogen-bond acceptors (Lipinski definition) is 3. The molecule has 1 heterocycles. The Kier molecular flexibility index (Phi) is 4.57. The molecule has 1 atom stereocenters. The second-order valence-corrected chi connectivity index (χ2v) is 5.78. The largest absolute Gasteiger partial charge is 0.272 e. The van der Waals surface area contributed by atoms with E-state index in [2.05, 4.69) is 26.5 Å². The highest BCUT2D eigenvalue weighted by atomic mass is 79.9. The van der Waals surface area contributed by atoms with E-state index in [4.69, 9.17) is 5.84 Å². The van der Waals surface area contributed by atoms with Crippen molar-refractivity contribution in [3.63, 3.8) is 0 Å². The second-order valence-electron chi connectivity index (χ2n) is 4.87. The third-order valence-corrected chi connectivity index (χ3v) is 4.05. The van der Waals surface area contributed by atoms with Gasteiger partial charge in [-0.25, -0.2) is 4.39 Å². The lowest BCUT2D eigenvalue weighted by Gasteiger charge is -2.17. The monoisotopic (exact) mass is 340 g/mol. The van der Waals surface area contributed by atoms with Gasteiger partial charge in [-0.3, -0.25) is 16.0 Å². The van der Waals surface area contributed by atoms with Gasteiger partial charge in [0.25, 0.3) is 0 Å². The number of hydrogen-bond donors (Lipinski definition) is 2. The van der Waals surface area contributed by atoms with Crippen molar-refractivity contribution in [3.8, 4) is 0 Å². The summed E-state index contributed by atoms with van der Waals surface area (Å²) in [6.07, 6.45) is 0.475. The number of hydrazine groups is 1. The zero-order valence-corrected chi connectivity index (χ0v) is 13.3. The van der Waals surface area contributed by atoms with Crippen LogP contribution in [0.4, 0.5) is 4.39 Å². The minimum Gasteiger partial charge on any atom is -0.272 e. The third-order valence-electron chi connectivity index (χ3n) is 3.55. The van der Waals surface area contributed by atoms with Gasteiger partial charge in [-0.1, -0.05) is 22.0 Å². The molecule has 0 radical (unpaired) electrons. The third kappa shape index (κ3) is 2.92. The molecule has 0 aliphatic carbocycles. The van der Waals surface area contributed by atoms with Crippen LogP contribution in [-0.2, 0) is 13.5 Å². The second kappa shape index (κ2) is 6.03. The van der Waals surface area contributed by atoms with Crippen molar-refractivity contribution in [1.82, 2.24) is 15.2 Å². The van der Waals surface area contributed by atoms with E-state index in [9.17, 15) is 4.39 Å². The van der Waals surface area contributed by atoms with Crippen molar-refractivity contribution in [2.75, 3.05) is 0 Å². The van der Waals surface area contributed by atoms with E-state index in [1.54, 1.807) is 6.07 Å². The number of nitrogens with one attached hydrogen (secondary N) is 1. The van der Waals surface area contributed by atoms with E-state index < -0.39 is 0 Å². The summed E-state index contributed by atoms with van der Waals surface area (Å²) in [6, 6.07) is 4.89. The van der Waals surface area contributed by atoms with Crippen LogP contribution >= 0.6 is 15.9 Å². The number of aryl methyl sites for hydroxylation is 2. The Balaban J connectivity index is 2.33. The molecule has 2 aromatic rings. The van der Waals surface area contributed by atoms with E-state index in [0.29, 0.717) is 12.0 Å². The van der Waals surface area contributed by atoms with Gasteiger partial charge in [0.1, 0.15) is 5.82 Å². The Morgan fingerprint density at radius 1 is 1.45 bits per heavy atom. The molecule has 0 saturated carbocycles. The fourth-order valence-corrected chi connectivity index (χ4v) is 2.78. The molecule has 0 aliphatic rings. The molecule has 0 spiro atoms. The topological polar surface area (TPSA) is 55.9 Å². The molecule has 3 N–H and O–H groups in total. The van der Waals surface area contributed by atoms with Crippen LogP contribution in [0.25, 0.3) is 0 Å². The quantitative estimate of drug-likeness (QED) is 0.664. The summed E-state index contributed by atoms with van der Waals surface area (Å²) in [4.78, 5) is 0. The number of rotatable bonds is 4. The molecule has 108 valence electrons. The van der Waals surface area contributed by atoms with Crippen LogP contribution in [0.15, 0.2) is 22.7 Å². The van der Waals surface area contributed by atoms with Crippen LogP contribution in [0, 0.1) is 19.7 Å². The Hall–Kier alpha value is -1.24. The van der Waals surface area contributed by atoms with Gasteiger partial charge in [-0.15, -0.1) is 0 Å². The summed E-state index contributed by atoms with van der Waals surface area (Å²) in [7, 11) is 1.89. The average molecular weight is 341 g/mol. The first-order valence-electron chi connectivity index (χ1n) is 6.34. The highest BCUT2D eigenvalue weighted by Crippen LogP contribution is 2.26.